The number of hydrogen-bond donors (Lipinski definition) is 6. The Balaban J connectivity index is -0.000000778. The maximum atomic E-state index is 8.52. The fraction of sp³-hybridized carbons (Fsp3) is 0. The Kier molecular flexibility index (Phi) is 33.1. The molecule has 6 aromatic heterocycles. The van der Waals surface area contributed by atoms with Crippen molar-refractivity contribution in [2.45, 2.75) is 0 Å². The third kappa shape index (κ3) is 29.9. The van der Waals surface area contributed by atoms with Gasteiger partial charge in [0.1, 0.15) is 0 Å². The molecule has 0 atom stereocenters. The maximum Gasteiger partial charge on any atom is 0.248 e. The summed E-state index contributed by atoms with van der Waals surface area (Å²) in [6.07, 6.45) is 0. The van der Waals surface area contributed by atoms with Crippen molar-refractivity contribution < 1.29 is 116 Å². The monoisotopic (exact) mass is 1120 g/mol. The van der Waals surface area contributed by atoms with Crippen molar-refractivity contribution in [1.82, 2.24) is 61.9 Å². The molecule has 75 heavy (non-hydrogen) atoms. The average Bonchev–Trinajstić information content (AvgIpc) is 4.17. The first kappa shape index (κ1) is 70.3. The molecular weight excluding hydrogens is 1070 g/mol. The molecule has 12 aromatic rings. The summed E-state index contributed by atoms with van der Waals surface area (Å²) in [5.41, 5.74) is 12.1. The number of rotatable bonds is 0. The molecule has 6 heterocycles. The van der Waals surface area contributed by atoms with Gasteiger partial charge in [0, 0.05) is 61.8 Å². The van der Waals surface area contributed by atoms with Gasteiger partial charge >= 0.3 is 0 Å². The molecule has 0 aliphatic carbocycles. The lowest BCUT2D eigenvalue weighted by molar-refractivity contribution is -0.427. The summed E-state index contributed by atoms with van der Waals surface area (Å²) < 4.78 is 102. The fourth-order valence-corrected chi connectivity index (χ4v) is 4.95. The SMILES string of the molecule is O.O.O.O.O.O.O=S(=O)([O-])[O-].O=S(=O)([O-])[O-].O=S(=O)([O-])[O-].c1ccc2[nH+][nH]nc2c1.c1ccc2[nH+][nH]nc2c1.c1ccc2[nH+][nH]nc2c1.c1ccc2[nH+][nH]nc2c1.c1ccc2[nH+][nH]nc2c1.c1ccc2[nH+][nH]nc2c1. The van der Waals surface area contributed by atoms with E-state index < -0.39 is 31.2 Å². The predicted octanol–water partition coefficient (Wildman–Crippen LogP) is -6.70. The maximum absolute atomic E-state index is 8.52. The molecule has 24 N–H and O–H groups in total. The second-order valence-corrected chi connectivity index (χ2v) is 14.9. The van der Waals surface area contributed by atoms with Gasteiger partial charge in [0.15, 0.2) is 33.1 Å². The molecule has 0 saturated heterocycles. The zero-order valence-electron chi connectivity index (χ0n) is 37.7. The van der Waals surface area contributed by atoms with E-state index in [1.165, 1.54) is 0 Å². The standard InChI is InChI=1S/6C6H5N3.3H2O4S.6H2O/c6*1-2-4-6-5(3-1)7-9-8-6;3*1-5(2,3)4;;;;;;/h6*1-4H,(H,7,8,9);3*(H2,1,2,3,4);6*1H2. The van der Waals surface area contributed by atoms with E-state index in [-0.39, 0.29) is 32.9 Å². The summed E-state index contributed by atoms with van der Waals surface area (Å²) in [4.78, 5) is 0. The fourth-order valence-electron chi connectivity index (χ4n) is 4.95. The number of hydrogen-bond acceptors (Lipinski definition) is 18. The van der Waals surface area contributed by atoms with Gasteiger partial charge in [-0.05, 0) is 72.8 Å². The number of H-pyrrole nitrogens is 12. The lowest BCUT2D eigenvalue weighted by atomic mass is 10.3. The number of aromatic nitrogens is 18. The summed E-state index contributed by atoms with van der Waals surface area (Å²) in [5.74, 6) is 0. The molecule has 408 valence electrons. The summed E-state index contributed by atoms with van der Waals surface area (Å²) in [6, 6.07) is 47.0. The van der Waals surface area contributed by atoms with Crippen LogP contribution in [0.15, 0.2) is 146 Å². The number of para-hydroxylation sites is 12. The van der Waals surface area contributed by atoms with Crippen LogP contribution in [0.2, 0.25) is 0 Å². The lowest BCUT2D eigenvalue weighted by Gasteiger charge is -2.06. The minimum atomic E-state index is -5.17. The number of aromatic amines is 12. The van der Waals surface area contributed by atoms with E-state index in [1.54, 1.807) is 0 Å². The Labute approximate surface area is 419 Å². The molecule has 0 aliphatic rings. The molecule has 0 spiro atoms. The van der Waals surface area contributed by atoms with E-state index in [0.717, 1.165) is 66.2 Å². The lowest BCUT2D eigenvalue weighted by Crippen LogP contribution is -2.00. The molecule has 0 amide bonds. The van der Waals surface area contributed by atoms with Gasteiger partial charge in [-0.2, -0.15) is 30.6 Å². The van der Waals surface area contributed by atoms with E-state index in [2.05, 4.69) is 92.5 Å². The molecule has 0 saturated carbocycles. The molecule has 0 fully saturated rings. The van der Waals surface area contributed by atoms with Crippen LogP contribution in [-0.2, 0) is 31.2 Å². The first-order valence-corrected chi connectivity index (χ1v) is 22.6. The van der Waals surface area contributed by atoms with Gasteiger partial charge in [-0.15, -0.1) is 0 Å². The van der Waals surface area contributed by atoms with Crippen molar-refractivity contribution in [3.8, 4) is 0 Å². The molecule has 39 heteroatoms. The van der Waals surface area contributed by atoms with Crippen LogP contribution in [0.4, 0.5) is 0 Å². The molecular formula is C36H48N18O18S3. The van der Waals surface area contributed by atoms with Crippen LogP contribution >= 0.6 is 0 Å². The predicted molar refractivity (Wildman–Crippen MR) is 249 cm³/mol. The van der Waals surface area contributed by atoms with Crippen LogP contribution in [0.3, 0.4) is 0 Å². The number of benzene rings is 6. The largest absolute Gasteiger partial charge is 0.759 e. The normalized spacial score (nSPS) is 9.68. The second-order valence-electron chi connectivity index (χ2n) is 12.4. The van der Waals surface area contributed by atoms with Crippen LogP contribution < -0.4 is 30.6 Å². The smallest absolute Gasteiger partial charge is 0.248 e. The molecule has 0 aliphatic heterocycles. The molecule has 12 rings (SSSR count). The van der Waals surface area contributed by atoms with Gasteiger partial charge in [0.05, 0.1) is 0 Å². The quantitative estimate of drug-likeness (QED) is 0.0607. The van der Waals surface area contributed by atoms with Gasteiger partial charge in [0.25, 0.3) is 0 Å². The molecule has 0 radical (unpaired) electrons. The Morgan fingerprint density at radius 1 is 0.253 bits per heavy atom. The van der Waals surface area contributed by atoms with E-state index in [4.69, 9.17) is 52.6 Å². The highest BCUT2D eigenvalue weighted by Crippen LogP contribution is 2.04. The highest BCUT2D eigenvalue weighted by Gasteiger charge is 2.03. The summed E-state index contributed by atoms with van der Waals surface area (Å²) in [6.45, 7) is 0. The first-order valence-electron chi connectivity index (χ1n) is 18.6. The Morgan fingerprint density at radius 3 is 0.467 bits per heavy atom. The highest BCUT2D eigenvalue weighted by atomic mass is 32.3. The van der Waals surface area contributed by atoms with Gasteiger partial charge in [-0.1, -0.05) is 104 Å². The van der Waals surface area contributed by atoms with Crippen molar-refractivity contribution in [3.05, 3.63) is 146 Å². The minimum absolute atomic E-state index is 0. The first-order chi connectivity index (χ1) is 32.8. The topological polar surface area (TPSA) is 687 Å². The summed E-state index contributed by atoms with van der Waals surface area (Å²) in [5, 5.41) is 56.9. The van der Waals surface area contributed by atoms with Crippen molar-refractivity contribution in [3.63, 3.8) is 0 Å². The number of nitrogens with one attached hydrogen (secondary N) is 12. The van der Waals surface area contributed by atoms with Crippen LogP contribution in [0.25, 0.3) is 66.2 Å². The van der Waals surface area contributed by atoms with E-state index in [1.807, 2.05) is 146 Å². The number of nitrogens with zero attached hydrogens (tertiary/aromatic N) is 6. The molecule has 6 aromatic carbocycles. The Morgan fingerprint density at radius 2 is 0.360 bits per heavy atom. The van der Waals surface area contributed by atoms with E-state index >= 15 is 0 Å². The van der Waals surface area contributed by atoms with E-state index in [0.29, 0.717) is 0 Å². The molecule has 0 unspecified atom stereocenters. The summed E-state index contributed by atoms with van der Waals surface area (Å²) >= 11 is 0. The van der Waals surface area contributed by atoms with Gasteiger partial charge in [-0.25, -0.2) is 0 Å². The summed E-state index contributed by atoms with van der Waals surface area (Å²) in [7, 11) is -15.5. The Bertz CT molecular complexity index is 2940. The van der Waals surface area contributed by atoms with Gasteiger partial charge in [-0.3, -0.25) is 25.3 Å². The van der Waals surface area contributed by atoms with Gasteiger partial charge < -0.3 is 60.2 Å². The molecule has 0 bridgehead atoms. The van der Waals surface area contributed by atoms with Crippen molar-refractivity contribution in [2.75, 3.05) is 0 Å². The van der Waals surface area contributed by atoms with Crippen molar-refractivity contribution in [1.29, 1.82) is 0 Å². The number of fused-ring (bicyclic) bond motifs is 6. The second kappa shape index (κ2) is 35.2. The van der Waals surface area contributed by atoms with Crippen molar-refractivity contribution in [2.24, 2.45) is 0 Å². The van der Waals surface area contributed by atoms with E-state index in [9.17, 15) is 0 Å². The third-order valence-electron chi connectivity index (χ3n) is 7.63. The molecule has 36 nitrogen and oxygen atoms in total. The zero-order valence-corrected chi connectivity index (χ0v) is 40.1. The Hall–Kier alpha value is -8.91. The van der Waals surface area contributed by atoms with Crippen LogP contribution in [0.1, 0.15) is 0 Å². The van der Waals surface area contributed by atoms with Crippen LogP contribution in [-0.4, -0.2) is 147 Å². The highest BCUT2D eigenvalue weighted by molar-refractivity contribution is 7.80. The van der Waals surface area contributed by atoms with Crippen LogP contribution in [0.5, 0.6) is 0 Å². The third-order valence-corrected chi connectivity index (χ3v) is 7.63. The minimum Gasteiger partial charge on any atom is -0.759 e. The zero-order chi connectivity index (χ0) is 50.1. The van der Waals surface area contributed by atoms with Crippen LogP contribution in [0, 0.1) is 0 Å². The van der Waals surface area contributed by atoms with Crippen molar-refractivity contribution >= 4 is 97.4 Å². The van der Waals surface area contributed by atoms with Gasteiger partial charge in [0.2, 0.25) is 33.1 Å². The average molecular weight is 1120 g/mol.